The van der Waals surface area contributed by atoms with E-state index in [1.807, 2.05) is 12.1 Å². The second-order valence-corrected chi connectivity index (χ2v) is 4.88. The van der Waals surface area contributed by atoms with Gasteiger partial charge >= 0.3 is 5.97 Å². The van der Waals surface area contributed by atoms with Gasteiger partial charge in [0.15, 0.2) is 0 Å². The number of hydrogen-bond acceptors (Lipinski definition) is 2. The van der Waals surface area contributed by atoms with Gasteiger partial charge in [-0.2, -0.15) is 0 Å². The third-order valence-electron chi connectivity index (χ3n) is 3.38. The topological polar surface area (TPSA) is 40.5 Å². The summed E-state index contributed by atoms with van der Waals surface area (Å²) in [5, 5.41) is 8.83. The van der Waals surface area contributed by atoms with Crippen molar-refractivity contribution in [1.82, 2.24) is 4.90 Å². The van der Waals surface area contributed by atoms with Crippen molar-refractivity contribution in [2.24, 2.45) is 5.92 Å². The second kappa shape index (κ2) is 7.17. The third-order valence-corrected chi connectivity index (χ3v) is 3.38. The number of carboxylic acid groups (broad SMARTS) is 1. The third kappa shape index (κ3) is 4.49. The molecule has 3 nitrogen and oxygen atoms in total. The number of carboxylic acids is 1. The lowest BCUT2D eigenvalue weighted by Gasteiger charge is -2.22. The Balaban J connectivity index is 2.53. The van der Waals surface area contributed by atoms with Crippen LogP contribution >= 0.6 is 0 Å². The molecule has 0 amide bonds. The first-order valence-corrected chi connectivity index (χ1v) is 6.57. The number of hydrogen-bond donors (Lipinski definition) is 1. The van der Waals surface area contributed by atoms with E-state index in [9.17, 15) is 4.79 Å². The molecule has 0 aromatic heterocycles. The van der Waals surface area contributed by atoms with Crippen molar-refractivity contribution >= 4 is 5.97 Å². The van der Waals surface area contributed by atoms with E-state index in [-0.39, 0.29) is 0 Å². The lowest BCUT2D eigenvalue weighted by Crippen LogP contribution is -2.24. The summed E-state index contributed by atoms with van der Waals surface area (Å²) in [5.41, 5.74) is 1.51. The van der Waals surface area contributed by atoms with Crippen molar-refractivity contribution < 1.29 is 9.90 Å². The fourth-order valence-corrected chi connectivity index (χ4v) is 2.12. The minimum Gasteiger partial charge on any atom is -0.478 e. The molecule has 3 heteroatoms. The molecule has 1 aromatic carbocycles. The molecule has 0 saturated heterocycles. The summed E-state index contributed by atoms with van der Waals surface area (Å²) in [5.74, 6) is -0.125. The Morgan fingerprint density at radius 1 is 1.22 bits per heavy atom. The normalized spacial score (nSPS) is 11.2. The molecular weight excluding hydrogens is 226 g/mol. The van der Waals surface area contributed by atoms with E-state index in [0.29, 0.717) is 5.56 Å². The predicted octanol–water partition coefficient (Wildman–Crippen LogP) is 3.25. The van der Waals surface area contributed by atoms with Crippen LogP contribution in [-0.2, 0) is 6.54 Å². The molecule has 0 heterocycles. The maximum Gasteiger partial charge on any atom is 0.335 e. The van der Waals surface area contributed by atoms with E-state index < -0.39 is 5.97 Å². The summed E-state index contributed by atoms with van der Waals surface area (Å²) < 4.78 is 0. The van der Waals surface area contributed by atoms with E-state index >= 15 is 0 Å². The van der Waals surface area contributed by atoms with E-state index in [4.69, 9.17) is 5.11 Å². The van der Waals surface area contributed by atoms with Crippen LogP contribution in [0.4, 0.5) is 0 Å². The molecule has 0 fully saturated rings. The van der Waals surface area contributed by atoms with Gasteiger partial charge in [-0.15, -0.1) is 0 Å². The summed E-state index contributed by atoms with van der Waals surface area (Å²) in [6.45, 7) is 6.41. The monoisotopic (exact) mass is 249 g/mol. The SMILES string of the molecule is CCC(CC)CN(C)Cc1ccc(C(=O)O)cc1. The van der Waals surface area contributed by atoms with Gasteiger partial charge in [-0.3, -0.25) is 0 Å². The molecule has 18 heavy (non-hydrogen) atoms. The summed E-state index contributed by atoms with van der Waals surface area (Å²) in [7, 11) is 2.11. The molecule has 1 rings (SSSR count). The zero-order chi connectivity index (χ0) is 13.5. The van der Waals surface area contributed by atoms with E-state index in [1.54, 1.807) is 12.1 Å². The average molecular weight is 249 g/mol. The van der Waals surface area contributed by atoms with Crippen LogP contribution in [0.5, 0.6) is 0 Å². The van der Waals surface area contributed by atoms with Gasteiger partial charge in [0.1, 0.15) is 0 Å². The van der Waals surface area contributed by atoms with Crippen LogP contribution < -0.4 is 0 Å². The molecule has 0 radical (unpaired) electrons. The molecule has 0 aliphatic carbocycles. The van der Waals surface area contributed by atoms with Crippen LogP contribution in [-0.4, -0.2) is 29.6 Å². The van der Waals surface area contributed by atoms with Crippen LogP contribution in [0.2, 0.25) is 0 Å². The quantitative estimate of drug-likeness (QED) is 0.806. The molecule has 1 N–H and O–H groups in total. The van der Waals surface area contributed by atoms with E-state index in [1.165, 1.54) is 12.8 Å². The molecule has 0 aliphatic heterocycles. The van der Waals surface area contributed by atoms with Crippen molar-refractivity contribution in [2.75, 3.05) is 13.6 Å². The van der Waals surface area contributed by atoms with Gasteiger partial charge in [0.05, 0.1) is 5.56 Å². The largest absolute Gasteiger partial charge is 0.478 e. The lowest BCUT2D eigenvalue weighted by atomic mass is 10.0. The van der Waals surface area contributed by atoms with Crippen LogP contribution in [0.3, 0.4) is 0 Å². The molecular formula is C15H23NO2. The van der Waals surface area contributed by atoms with Gasteiger partial charge in [-0.05, 0) is 30.7 Å². The van der Waals surface area contributed by atoms with Crippen molar-refractivity contribution in [1.29, 1.82) is 0 Å². The first-order chi connectivity index (χ1) is 8.56. The predicted molar refractivity (Wildman–Crippen MR) is 73.8 cm³/mol. The lowest BCUT2D eigenvalue weighted by molar-refractivity contribution is 0.0697. The van der Waals surface area contributed by atoms with Crippen molar-refractivity contribution in [3.8, 4) is 0 Å². The fraction of sp³-hybridized carbons (Fsp3) is 0.533. The van der Waals surface area contributed by atoms with E-state index in [2.05, 4.69) is 25.8 Å². The number of rotatable bonds is 7. The molecule has 0 bridgehead atoms. The molecule has 0 spiro atoms. The molecule has 1 aromatic rings. The number of benzene rings is 1. The highest BCUT2D eigenvalue weighted by atomic mass is 16.4. The van der Waals surface area contributed by atoms with Gasteiger partial charge in [-0.1, -0.05) is 38.8 Å². The highest BCUT2D eigenvalue weighted by Gasteiger charge is 2.08. The number of nitrogens with zero attached hydrogens (tertiary/aromatic N) is 1. The van der Waals surface area contributed by atoms with Gasteiger partial charge in [0.25, 0.3) is 0 Å². The Morgan fingerprint density at radius 3 is 2.22 bits per heavy atom. The number of carbonyl (C=O) groups is 1. The Morgan fingerprint density at radius 2 is 1.78 bits per heavy atom. The van der Waals surface area contributed by atoms with Gasteiger partial charge in [0.2, 0.25) is 0 Å². The van der Waals surface area contributed by atoms with Crippen molar-refractivity contribution in [2.45, 2.75) is 33.2 Å². The van der Waals surface area contributed by atoms with Crippen LogP contribution in [0.15, 0.2) is 24.3 Å². The highest BCUT2D eigenvalue weighted by molar-refractivity contribution is 5.87. The smallest absolute Gasteiger partial charge is 0.335 e. The molecule has 0 aliphatic rings. The summed E-state index contributed by atoms with van der Waals surface area (Å²) in [6.07, 6.45) is 2.41. The highest BCUT2D eigenvalue weighted by Crippen LogP contribution is 2.12. The average Bonchev–Trinajstić information content (AvgIpc) is 2.36. The molecule has 0 saturated carbocycles. The summed E-state index contributed by atoms with van der Waals surface area (Å²) in [6, 6.07) is 7.13. The summed E-state index contributed by atoms with van der Waals surface area (Å²) >= 11 is 0. The number of aromatic carboxylic acids is 1. The van der Waals surface area contributed by atoms with Gasteiger partial charge in [-0.25, -0.2) is 4.79 Å². The second-order valence-electron chi connectivity index (χ2n) is 4.88. The zero-order valence-electron chi connectivity index (χ0n) is 11.5. The first kappa shape index (κ1) is 14.7. The van der Waals surface area contributed by atoms with Crippen LogP contribution in [0.1, 0.15) is 42.6 Å². The molecule has 0 atom stereocenters. The fourth-order valence-electron chi connectivity index (χ4n) is 2.12. The van der Waals surface area contributed by atoms with E-state index in [0.717, 1.165) is 24.6 Å². The zero-order valence-corrected chi connectivity index (χ0v) is 11.5. The maximum absolute atomic E-state index is 10.7. The van der Waals surface area contributed by atoms with Crippen molar-refractivity contribution in [3.63, 3.8) is 0 Å². The van der Waals surface area contributed by atoms with Gasteiger partial charge < -0.3 is 10.0 Å². The minimum atomic E-state index is -0.869. The van der Waals surface area contributed by atoms with Crippen LogP contribution in [0, 0.1) is 5.92 Å². The first-order valence-electron chi connectivity index (χ1n) is 6.57. The Labute approximate surface area is 109 Å². The Hall–Kier alpha value is -1.35. The standard InChI is InChI=1S/C15H23NO2/c1-4-12(5-2)10-16(3)11-13-6-8-14(9-7-13)15(17)18/h6-9,12H,4-5,10-11H2,1-3H3,(H,17,18). The molecule has 100 valence electrons. The molecule has 0 unspecified atom stereocenters. The Bertz CT molecular complexity index is 369. The Kier molecular flexibility index (Phi) is 5.86. The van der Waals surface area contributed by atoms with Crippen molar-refractivity contribution in [3.05, 3.63) is 35.4 Å². The summed E-state index contributed by atoms with van der Waals surface area (Å²) in [4.78, 5) is 13.0. The maximum atomic E-state index is 10.7. The minimum absolute atomic E-state index is 0.349. The van der Waals surface area contributed by atoms with Gasteiger partial charge in [0, 0.05) is 13.1 Å². The van der Waals surface area contributed by atoms with Crippen LogP contribution in [0.25, 0.3) is 0 Å².